The smallest absolute Gasteiger partial charge is 0.220 e. The molecule has 0 aromatic carbocycles. The Balaban J connectivity index is 2.13. The molecule has 0 aromatic heterocycles. The maximum absolute atomic E-state index is 5.19. The molecule has 1 saturated heterocycles. The van der Waals surface area contributed by atoms with Crippen LogP contribution in [0.3, 0.4) is 0 Å². The fraction of sp³-hybridized carbons (Fsp3) is 0.667. The van der Waals surface area contributed by atoms with Crippen LogP contribution in [0.4, 0.5) is 0 Å². The summed E-state index contributed by atoms with van der Waals surface area (Å²) in [5.41, 5.74) is 0. The van der Waals surface area contributed by atoms with Gasteiger partial charge in [0.2, 0.25) is 6.10 Å². The lowest BCUT2D eigenvalue weighted by molar-refractivity contribution is 0.139. The van der Waals surface area contributed by atoms with Gasteiger partial charge in [-0.1, -0.05) is 0 Å². The number of morpholine rings is 1. The number of nitrogens with zero attached hydrogens (tertiary/aromatic N) is 1. The standard InChI is InChI=1S/C6H10NO/c1-2-6-5-7-3-4-8-6/h1-5H2. The van der Waals surface area contributed by atoms with Gasteiger partial charge < -0.3 is 5.32 Å². The van der Waals surface area contributed by atoms with E-state index in [1.165, 1.54) is 0 Å². The van der Waals surface area contributed by atoms with Crippen LogP contribution in [0.5, 0.6) is 0 Å². The van der Waals surface area contributed by atoms with Crippen LogP contribution < -0.4 is 0 Å². The summed E-state index contributed by atoms with van der Waals surface area (Å²) >= 11 is 0. The van der Waals surface area contributed by atoms with Gasteiger partial charge in [0.25, 0.3) is 0 Å². The summed E-state index contributed by atoms with van der Waals surface area (Å²) in [6, 6.07) is 0. The molecule has 0 N–H and O–H groups in total. The molecular weight excluding hydrogens is 102 g/mol. The molecule has 0 amide bonds. The van der Waals surface area contributed by atoms with Crippen LogP contribution in [0.1, 0.15) is 6.42 Å². The van der Waals surface area contributed by atoms with Crippen LogP contribution in [0.2, 0.25) is 0 Å². The Morgan fingerprint density at radius 2 is 2.62 bits per heavy atom. The van der Waals surface area contributed by atoms with Crippen molar-refractivity contribution in [1.29, 1.82) is 0 Å². The van der Waals surface area contributed by atoms with Gasteiger partial charge in [0, 0.05) is 6.54 Å². The van der Waals surface area contributed by atoms with Gasteiger partial charge in [0.05, 0.1) is 6.61 Å². The Bertz CT molecular complexity index is 59.5. The molecule has 45 valence electrons. The van der Waals surface area contributed by atoms with Crippen LogP contribution in [0, 0.1) is 13.0 Å². The number of ether oxygens (including phenoxy) is 1. The van der Waals surface area contributed by atoms with E-state index in [4.69, 9.17) is 4.74 Å². The Labute approximate surface area is 50.2 Å². The van der Waals surface area contributed by atoms with E-state index in [1.807, 2.05) is 0 Å². The molecule has 0 atom stereocenters. The van der Waals surface area contributed by atoms with Gasteiger partial charge in [-0.3, -0.25) is 0 Å². The topological polar surface area (TPSA) is 23.3 Å². The summed E-state index contributed by atoms with van der Waals surface area (Å²) in [6.45, 7) is 6.06. The van der Waals surface area contributed by atoms with Crippen LogP contribution in [0.25, 0.3) is 5.32 Å². The molecule has 8 heavy (non-hydrogen) atoms. The van der Waals surface area contributed by atoms with E-state index in [-0.39, 0.29) is 0 Å². The van der Waals surface area contributed by atoms with Gasteiger partial charge in [0.15, 0.2) is 0 Å². The molecule has 2 heteroatoms. The van der Waals surface area contributed by atoms with E-state index in [0.29, 0.717) is 0 Å². The van der Waals surface area contributed by atoms with Gasteiger partial charge in [-0.05, 0) is 6.92 Å². The minimum atomic E-state index is 0.755. The summed E-state index contributed by atoms with van der Waals surface area (Å²) in [7, 11) is 0. The molecular formula is C6H10NO. The highest BCUT2D eigenvalue weighted by molar-refractivity contribution is 4.99. The Hall–Kier alpha value is -0.210. The normalized spacial score (nSPS) is 21.4. The second-order valence-electron chi connectivity index (χ2n) is 1.74. The minimum Gasteiger partial charge on any atom is -0.617 e. The van der Waals surface area contributed by atoms with Gasteiger partial charge in [-0.2, -0.15) is 4.74 Å². The van der Waals surface area contributed by atoms with E-state index in [0.717, 1.165) is 32.2 Å². The maximum atomic E-state index is 5.19. The zero-order chi connectivity index (χ0) is 5.82. The Kier molecular flexibility index (Phi) is 2.18. The van der Waals surface area contributed by atoms with E-state index >= 15 is 0 Å². The second kappa shape index (κ2) is 2.95. The van der Waals surface area contributed by atoms with Crippen molar-refractivity contribution in [2.24, 2.45) is 0 Å². The summed E-state index contributed by atoms with van der Waals surface area (Å²) in [5, 5.41) is 4.13. The Morgan fingerprint density at radius 3 is 3.00 bits per heavy atom. The summed E-state index contributed by atoms with van der Waals surface area (Å²) in [4.78, 5) is 0. The molecule has 1 radical (unpaired) electrons. The van der Waals surface area contributed by atoms with Crippen molar-refractivity contribution in [2.75, 3.05) is 19.7 Å². The monoisotopic (exact) mass is 112 g/mol. The predicted octanol–water partition coefficient (Wildman–Crippen LogP) is 1.15. The minimum absolute atomic E-state index is 0.755. The lowest BCUT2D eigenvalue weighted by atomic mass is 10.2. The number of hydrogen-bond donors (Lipinski definition) is 0. The maximum Gasteiger partial charge on any atom is 0.220 e. The zero-order valence-corrected chi connectivity index (χ0v) is 4.89. The van der Waals surface area contributed by atoms with Crippen LogP contribution in [-0.2, 0) is 4.74 Å². The molecule has 2 nitrogen and oxygen atoms in total. The first kappa shape index (κ1) is 5.92. The molecule has 0 bridgehead atoms. The summed E-state index contributed by atoms with van der Waals surface area (Å²) in [5.74, 6) is 0. The lowest BCUT2D eigenvalue weighted by Gasteiger charge is -2.21. The molecule has 1 heterocycles. The van der Waals surface area contributed by atoms with E-state index in [9.17, 15) is 0 Å². The molecule has 1 fully saturated rings. The highest BCUT2D eigenvalue weighted by Gasteiger charge is 2.15. The van der Waals surface area contributed by atoms with E-state index < -0.39 is 0 Å². The number of rotatable bonds is 1. The van der Waals surface area contributed by atoms with Crippen molar-refractivity contribution in [3.63, 3.8) is 0 Å². The van der Waals surface area contributed by atoms with Crippen molar-refractivity contribution in [1.82, 2.24) is 0 Å². The third kappa shape index (κ3) is 1.39. The quantitative estimate of drug-likeness (QED) is 0.466. The molecule has 0 spiro atoms. The van der Waals surface area contributed by atoms with E-state index in [1.54, 1.807) is 0 Å². The summed E-state index contributed by atoms with van der Waals surface area (Å²) < 4.78 is 5.19. The fourth-order valence-corrected chi connectivity index (χ4v) is 0.655. The highest BCUT2D eigenvalue weighted by Crippen LogP contribution is 2.14. The molecule has 0 saturated carbocycles. The van der Waals surface area contributed by atoms with Crippen molar-refractivity contribution in [3.8, 4) is 0 Å². The largest absolute Gasteiger partial charge is 0.617 e. The van der Waals surface area contributed by atoms with Gasteiger partial charge >= 0.3 is 0 Å². The van der Waals surface area contributed by atoms with Crippen LogP contribution >= 0.6 is 0 Å². The fourth-order valence-electron chi connectivity index (χ4n) is 0.655. The first-order valence-electron chi connectivity index (χ1n) is 2.83. The Morgan fingerprint density at radius 1 is 1.75 bits per heavy atom. The average Bonchev–Trinajstić information content (AvgIpc) is 1.90. The third-order valence-corrected chi connectivity index (χ3v) is 1.12. The van der Waals surface area contributed by atoms with Crippen molar-refractivity contribution in [2.45, 2.75) is 6.42 Å². The predicted molar refractivity (Wildman–Crippen MR) is 32.3 cm³/mol. The van der Waals surface area contributed by atoms with Crippen LogP contribution in [0.15, 0.2) is 0 Å². The number of hydrogen-bond acceptors (Lipinski definition) is 1. The van der Waals surface area contributed by atoms with Gasteiger partial charge in [0.1, 0.15) is 6.42 Å². The first-order valence-corrected chi connectivity index (χ1v) is 2.83. The SMILES string of the molecule is [CH2]C[C+]1C[N-]CCO1. The molecule has 1 aliphatic rings. The molecule has 0 aliphatic carbocycles. The van der Waals surface area contributed by atoms with Crippen molar-refractivity contribution in [3.05, 3.63) is 18.3 Å². The zero-order valence-electron chi connectivity index (χ0n) is 4.89. The van der Waals surface area contributed by atoms with Crippen LogP contribution in [-0.4, -0.2) is 19.7 Å². The summed E-state index contributed by atoms with van der Waals surface area (Å²) in [6.07, 6.45) is 1.79. The average molecular weight is 112 g/mol. The first-order chi connectivity index (χ1) is 3.93. The lowest BCUT2D eigenvalue weighted by Crippen LogP contribution is -2.16. The highest BCUT2D eigenvalue weighted by atomic mass is 16.5. The van der Waals surface area contributed by atoms with Gasteiger partial charge in [-0.15, -0.1) is 6.54 Å². The van der Waals surface area contributed by atoms with Gasteiger partial charge in [-0.25, -0.2) is 0 Å². The molecule has 1 rings (SSSR count). The second-order valence-corrected chi connectivity index (χ2v) is 1.74. The van der Waals surface area contributed by atoms with E-state index in [2.05, 4.69) is 12.2 Å². The van der Waals surface area contributed by atoms with Crippen molar-refractivity contribution >= 4 is 0 Å². The molecule has 0 aromatic rings. The molecule has 0 unspecified atom stereocenters. The van der Waals surface area contributed by atoms with Crippen molar-refractivity contribution < 1.29 is 4.74 Å². The third-order valence-electron chi connectivity index (χ3n) is 1.12. The molecule has 1 aliphatic heterocycles.